The smallest absolute Gasteiger partial charge is 0.412 e. The van der Waals surface area contributed by atoms with Crippen molar-refractivity contribution in [1.29, 1.82) is 0 Å². The van der Waals surface area contributed by atoms with Crippen LogP contribution in [0, 0.1) is 0 Å². The Labute approximate surface area is 129 Å². The number of aromatic nitrogens is 2. The number of benzene rings is 1. The van der Waals surface area contributed by atoms with Gasteiger partial charge in [-0.15, -0.1) is 0 Å². The Kier molecular flexibility index (Phi) is 4.03. The molecular formula is C16H19N3O3. The van der Waals surface area contributed by atoms with Crippen molar-refractivity contribution in [3.63, 3.8) is 0 Å². The highest BCUT2D eigenvalue weighted by molar-refractivity contribution is 6.08. The van der Waals surface area contributed by atoms with Gasteiger partial charge >= 0.3 is 6.09 Å². The molecule has 116 valence electrons. The fourth-order valence-electron chi connectivity index (χ4n) is 2.27. The topological polar surface area (TPSA) is 75.4 Å². The summed E-state index contributed by atoms with van der Waals surface area (Å²) in [5.41, 5.74) is 0.936. The predicted molar refractivity (Wildman–Crippen MR) is 83.3 cm³/mol. The molecule has 1 N–H and O–H groups in total. The van der Waals surface area contributed by atoms with Gasteiger partial charge in [0.15, 0.2) is 0 Å². The van der Waals surface area contributed by atoms with E-state index in [9.17, 15) is 14.7 Å². The fraction of sp³-hybridized carbons (Fsp3) is 0.312. The molecular weight excluding hydrogens is 282 g/mol. The van der Waals surface area contributed by atoms with Gasteiger partial charge in [0.2, 0.25) is 5.78 Å². The number of rotatable bonds is 3. The fourth-order valence-corrected chi connectivity index (χ4v) is 2.27. The van der Waals surface area contributed by atoms with Gasteiger partial charge in [0, 0.05) is 23.8 Å². The first-order valence-electron chi connectivity index (χ1n) is 6.86. The van der Waals surface area contributed by atoms with E-state index in [0.717, 1.165) is 0 Å². The minimum Gasteiger partial charge on any atom is -0.465 e. The van der Waals surface area contributed by atoms with Crippen LogP contribution in [0.2, 0.25) is 0 Å². The highest BCUT2D eigenvalue weighted by Gasteiger charge is 2.27. The highest BCUT2D eigenvalue weighted by Crippen LogP contribution is 2.25. The Bertz CT molecular complexity index is 696. The van der Waals surface area contributed by atoms with Crippen molar-refractivity contribution in [1.82, 2.24) is 9.55 Å². The molecule has 0 bridgehead atoms. The SMILES string of the molecule is Cn1cncc1C(=O)c1ccc(N(C(=O)O)C(C)(C)C)cc1. The summed E-state index contributed by atoms with van der Waals surface area (Å²) >= 11 is 0. The number of imidazole rings is 1. The van der Waals surface area contributed by atoms with E-state index >= 15 is 0 Å². The van der Waals surface area contributed by atoms with Crippen LogP contribution in [-0.4, -0.2) is 32.1 Å². The third-order valence-electron chi connectivity index (χ3n) is 3.30. The van der Waals surface area contributed by atoms with Crippen molar-refractivity contribution in [2.24, 2.45) is 7.05 Å². The average molecular weight is 301 g/mol. The number of hydrogen-bond donors (Lipinski definition) is 1. The van der Waals surface area contributed by atoms with Crippen LogP contribution >= 0.6 is 0 Å². The zero-order valence-electron chi connectivity index (χ0n) is 13.1. The second-order valence-electron chi connectivity index (χ2n) is 6.05. The molecule has 6 heteroatoms. The number of ketones is 1. The average Bonchev–Trinajstić information content (AvgIpc) is 2.83. The summed E-state index contributed by atoms with van der Waals surface area (Å²) in [4.78, 5) is 29.0. The minimum absolute atomic E-state index is 0.149. The Morgan fingerprint density at radius 3 is 2.18 bits per heavy atom. The summed E-state index contributed by atoms with van der Waals surface area (Å²) in [7, 11) is 1.75. The van der Waals surface area contributed by atoms with Crippen LogP contribution in [0.4, 0.5) is 10.5 Å². The summed E-state index contributed by atoms with van der Waals surface area (Å²) in [5.74, 6) is -0.149. The van der Waals surface area contributed by atoms with Crippen LogP contribution in [0.1, 0.15) is 36.8 Å². The summed E-state index contributed by atoms with van der Waals surface area (Å²) in [6.45, 7) is 5.45. The van der Waals surface area contributed by atoms with Gasteiger partial charge in [0.25, 0.3) is 0 Å². The van der Waals surface area contributed by atoms with Crippen molar-refractivity contribution in [3.8, 4) is 0 Å². The molecule has 1 amide bonds. The van der Waals surface area contributed by atoms with Gasteiger partial charge < -0.3 is 9.67 Å². The van der Waals surface area contributed by atoms with E-state index in [4.69, 9.17) is 0 Å². The van der Waals surface area contributed by atoms with Gasteiger partial charge in [-0.3, -0.25) is 9.69 Å². The highest BCUT2D eigenvalue weighted by atomic mass is 16.4. The molecule has 0 aliphatic rings. The predicted octanol–water partition coefficient (Wildman–Crippen LogP) is 2.93. The largest absolute Gasteiger partial charge is 0.465 e. The lowest BCUT2D eigenvalue weighted by molar-refractivity contribution is 0.103. The first-order chi connectivity index (χ1) is 10.2. The zero-order valence-corrected chi connectivity index (χ0v) is 13.1. The Morgan fingerprint density at radius 2 is 1.77 bits per heavy atom. The molecule has 0 aliphatic carbocycles. The van der Waals surface area contributed by atoms with Crippen LogP contribution in [-0.2, 0) is 7.05 Å². The molecule has 0 fully saturated rings. The maximum absolute atomic E-state index is 12.3. The van der Waals surface area contributed by atoms with Gasteiger partial charge in [-0.05, 0) is 45.0 Å². The van der Waals surface area contributed by atoms with Crippen molar-refractivity contribution in [3.05, 3.63) is 48.0 Å². The van der Waals surface area contributed by atoms with Crippen molar-refractivity contribution >= 4 is 17.6 Å². The van der Waals surface area contributed by atoms with Crippen molar-refractivity contribution in [2.45, 2.75) is 26.3 Å². The van der Waals surface area contributed by atoms with E-state index in [-0.39, 0.29) is 5.78 Å². The van der Waals surface area contributed by atoms with Crippen molar-refractivity contribution in [2.75, 3.05) is 4.90 Å². The molecule has 1 heterocycles. The molecule has 1 aromatic carbocycles. The molecule has 0 radical (unpaired) electrons. The first kappa shape index (κ1) is 15.8. The quantitative estimate of drug-likeness (QED) is 0.884. The summed E-state index contributed by atoms with van der Waals surface area (Å²) in [5, 5.41) is 9.37. The number of amides is 1. The summed E-state index contributed by atoms with van der Waals surface area (Å²) < 4.78 is 1.65. The Balaban J connectivity index is 2.33. The standard InChI is InChI=1S/C16H19N3O3/c1-16(2,3)19(15(21)22)12-7-5-11(6-8-12)14(20)13-9-17-10-18(13)4/h5-10H,1-4H3,(H,21,22). The molecule has 0 spiro atoms. The zero-order chi connectivity index (χ0) is 16.5. The molecule has 0 aliphatic heterocycles. The van der Waals surface area contributed by atoms with E-state index in [1.54, 1.807) is 42.2 Å². The van der Waals surface area contributed by atoms with Crippen LogP contribution in [0.15, 0.2) is 36.8 Å². The molecule has 6 nitrogen and oxygen atoms in total. The summed E-state index contributed by atoms with van der Waals surface area (Å²) in [6, 6.07) is 6.55. The normalized spacial score (nSPS) is 11.3. The third-order valence-corrected chi connectivity index (χ3v) is 3.30. The van der Waals surface area contributed by atoms with Crippen molar-refractivity contribution < 1.29 is 14.7 Å². The van der Waals surface area contributed by atoms with Gasteiger partial charge in [-0.2, -0.15) is 0 Å². The van der Waals surface area contributed by atoms with E-state index in [1.807, 2.05) is 20.8 Å². The number of aryl methyl sites for hydroxylation is 1. The molecule has 1 aromatic heterocycles. The van der Waals surface area contributed by atoms with Gasteiger partial charge in [0.1, 0.15) is 5.69 Å². The van der Waals surface area contributed by atoms with E-state index in [1.165, 1.54) is 11.1 Å². The van der Waals surface area contributed by atoms with E-state index in [2.05, 4.69) is 4.98 Å². The molecule has 0 saturated carbocycles. The first-order valence-corrected chi connectivity index (χ1v) is 6.86. The lowest BCUT2D eigenvalue weighted by atomic mass is 10.0. The monoisotopic (exact) mass is 301 g/mol. The van der Waals surface area contributed by atoms with Gasteiger partial charge in [0.05, 0.1) is 12.5 Å². The molecule has 0 unspecified atom stereocenters. The minimum atomic E-state index is -1.03. The lowest BCUT2D eigenvalue weighted by Gasteiger charge is -2.33. The van der Waals surface area contributed by atoms with E-state index in [0.29, 0.717) is 16.9 Å². The van der Waals surface area contributed by atoms with Crippen LogP contribution in [0.5, 0.6) is 0 Å². The summed E-state index contributed by atoms with van der Waals surface area (Å²) in [6.07, 6.45) is 2.04. The third kappa shape index (κ3) is 3.00. The maximum atomic E-state index is 12.3. The van der Waals surface area contributed by atoms with E-state index < -0.39 is 11.6 Å². The Morgan fingerprint density at radius 1 is 1.18 bits per heavy atom. The molecule has 0 atom stereocenters. The molecule has 22 heavy (non-hydrogen) atoms. The van der Waals surface area contributed by atoms with Crippen LogP contribution in [0.3, 0.4) is 0 Å². The van der Waals surface area contributed by atoms with Crippen LogP contribution < -0.4 is 4.90 Å². The second kappa shape index (κ2) is 5.63. The molecule has 2 aromatic rings. The molecule has 2 rings (SSSR count). The number of nitrogens with zero attached hydrogens (tertiary/aromatic N) is 3. The number of carbonyl (C=O) groups is 2. The number of carbonyl (C=O) groups excluding carboxylic acids is 1. The molecule has 0 saturated heterocycles. The number of carboxylic acid groups (broad SMARTS) is 1. The van der Waals surface area contributed by atoms with Crippen LogP contribution in [0.25, 0.3) is 0 Å². The second-order valence-corrected chi connectivity index (χ2v) is 6.05. The maximum Gasteiger partial charge on any atom is 0.412 e. The number of anilines is 1. The lowest BCUT2D eigenvalue weighted by Crippen LogP contribution is -2.45. The van der Waals surface area contributed by atoms with Gasteiger partial charge in [-0.25, -0.2) is 9.78 Å². The number of hydrogen-bond acceptors (Lipinski definition) is 3. The van der Waals surface area contributed by atoms with Gasteiger partial charge in [-0.1, -0.05) is 0 Å². The Hall–Kier alpha value is -2.63.